The van der Waals surface area contributed by atoms with Crippen LogP contribution in [0.15, 0.2) is 30.7 Å². The highest BCUT2D eigenvalue weighted by Crippen LogP contribution is 2.35. The van der Waals surface area contributed by atoms with Gasteiger partial charge in [-0.25, -0.2) is 22.7 Å². The predicted molar refractivity (Wildman–Crippen MR) is 90.2 cm³/mol. The average molecular weight is 384 g/mol. The number of H-pyrrole nitrogens is 1. The molecule has 4 rings (SSSR count). The van der Waals surface area contributed by atoms with E-state index in [0.29, 0.717) is 12.1 Å². The summed E-state index contributed by atoms with van der Waals surface area (Å²) in [6.45, 7) is 0.0901. The number of hydrogen-bond acceptors (Lipinski definition) is 4. The van der Waals surface area contributed by atoms with Crippen molar-refractivity contribution in [2.75, 3.05) is 18.8 Å². The summed E-state index contributed by atoms with van der Waals surface area (Å²) in [6.07, 6.45) is 0.762. The van der Waals surface area contributed by atoms with Crippen molar-refractivity contribution in [3.05, 3.63) is 36.4 Å². The zero-order chi connectivity index (χ0) is 18.5. The first-order chi connectivity index (χ1) is 12.2. The maximum Gasteiger partial charge on any atom is 0.404 e. The second-order valence-electron chi connectivity index (χ2n) is 6.38. The summed E-state index contributed by atoms with van der Waals surface area (Å²) in [5, 5.41) is 2.59. The number of halogens is 3. The molecule has 1 N–H and O–H groups in total. The molecule has 0 spiro atoms. The van der Waals surface area contributed by atoms with E-state index in [1.165, 1.54) is 0 Å². The number of sulfonamides is 1. The molecular weight excluding hydrogens is 369 g/mol. The molecule has 138 valence electrons. The van der Waals surface area contributed by atoms with E-state index in [1.54, 1.807) is 18.6 Å². The summed E-state index contributed by atoms with van der Waals surface area (Å²) in [5.74, 6) is -2.05. The molecule has 3 aromatic heterocycles. The van der Waals surface area contributed by atoms with Crippen molar-refractivity contribution in [3.63, 3.8) is 0 Å². The molecule has 0 aromatic carbocycles. The van der Waals surface area contributed by atoms with E-state index < -0.39 is 22.0 Å². The van der Waals surface area contributed by atoms with Gasteiger partial charge in [0.1, 0.15) is 0 Å². The second-order valence-corrected chi connectivity index (χ2v) is 8.35. The smallest absolute Gasteiger partial charge is 0.364 e. The van der Waals surface area contributed by atoms with Crippen LogP contribution in [0.3, 0.4) is 0 Å². The Morgan fingerprint density at radius 2 is 2.08 bits per heavy atom. The maximum absolute atomic E-state index is 12.5. The Bertz CT molecular complexity index is 1080. The van der Waals surface area contributed by atoms with Crippen molar-refractivity contribution >= 4 is 31.8 Å². The quantitative estimate of drug-likeness (QED) is 0.753. The fourth-order valence-corrected chi connectivity index (χ4v) is 4.92. The molecule has 0 radical (unpaired) electrons. The Kier molecular flexibility index (Phi) is 3.92. The Morgan fingerprint density at radius 1 is 1.27 bits per heavy atom. The molecule has 0 bridgehead atoms. The summed E-state index contributed by atoms with van der Waals surface area (Å²) >= 11 is 0. The van der Waals surface area contributed by atoms with Crippen molar-refractivity contribution in [3.8, 4) is 0 Å². The SMILES string of the molecule is O=S(=O)(CC(F)(F)F)N1CCC(c2[nH]ccc3cnc4nccc4c23)C1. The molecule has 3 aromatic rings. The molecule has 0 amide bonds. The molecule has 1 saturated heterocycles. The number of nitrogens with one attached hydrogen (secondary N) is 1. The van der Waals surface area contributed by atoms with Gasteiger partial charge in [-0.2, -0.15) is 13.2 Å². The van der Waals surface area contributed by atoms with Crippen molar-refractivity contribution in [1.29, 1.82) is 0 Å². The van der Waals surface area contributed by atoms with Gasteiger partial charge < -0.3 is 4.98 Å². The summed E-state index contributed by atoms with van der Waals surface area (Å²) in [5.41, 5.74) is 1.38. The minimum Gasteiger partial charge on any atom is -0.364 e. The highest BCUT2D eigenvalue weighted by molar-refractivity contribution is 7.89. The first kappa shape index (κ1) is 17.2. The van der Waals surface area contributed by atoms with Crippen LogP contribution in [-0.2, 0) is 10.0 Å². The molecule has 4 heterocycles. The Hall–Kier alpha value is -2.20. The minimum absolute atomic E-state index is 0.0198. The third-order valence-corrected chi connectivity index (χ3v) is 6.44. The molecule has 1 atom stereocenters. The minimum atomic E-state index is -4.75. The lowest BCUT2D eigenvalue weighted by atomic mass is 9.97. The fraction of sp³-hybridized carbons (Fsp3) is 0.375. The van der Waals surface area contributed by atoms with Gasteiger partial charge in [-0.1, -0.05) is 0 Å². The summed E-state index contributed by atoms with van der Waals surface area (Å²) < 4.78 is 62.6. The second kappa shape index (κ2) is 5.92. The van der Waals surface area contributed by atoms with Crippen LogP contribution in [0.4, 0.5) is 13.2 Å². The lowest BCUT2D eigenvalue weighted by Crippen LogP contribution is -2.36. The molecule has 1 unspecified atom stereocenters. The monoisotopic (exact) mass is 384 g/mol. The van der Waals surface area contributed by atoms with E-state index in [0.717, 1.165) is 26.2 Å². The van der Waals surface area contributed by atoms with Crippen LogP contribution in [0.25, 0.3) is 21.8 Å². The normalized spacial score (nSPS) is 19.6. The number of pyridine rings is 2. The first-order valence-corrected chi connectivity index (χ1v) is 9.61. The molecule has 1 fully saturated rings. The van der Waals surface area contributed by atoms with E-state index in [9.17, 15) is 21.6 Å². The number of aromatic nitrogens is 3. The van der Waals surface area contributed by atoms with Gasteiger partial charge in [-0.15, -0.1) is 0 Å². The number of aromatic amines is 1. The molecular formula is C16H15F3N4O2S. The highest BCUT2D eigenvalue weighted by atomic mass is 32.2. The summed E-state index contributed by atoms with van der Waals surface area (Å²) in [4.78, 5) is 11.6. The lowest BCUT2D eigenvalue weighted by molar-refractivity contribution is -0.106. The zero-order valence-corrected chi connectivity index (χ0v) is 14.3. The van der Waals surface area contributed by atoms with E-state index in [1.807, 2.05) is 12.1 Å². The zero-order valence-electron chi connectivity index (χ0n) is 13.5. The van der Waals surface area contributed by atoms with Gasteiger partial charge in [0, 0.05) is 59.5 Å². The number of hydrogen-bond donors (Lipinski definition) is 1. The largest absolute Gasteiger partial charge is 0.404 e. The van der Waals surface area contributed by atoms with Gasteiger partial charge in [0.25, 0.3) is 0 Å². The standard InChI is InChI=1S/C16H15F3N4O2S/c17-16(18,19)9-26(24,25)23-6-3-11(8-23)14-13-10(1-4-20-14)7-22-15-12(13)2-5-21-15/h1-2,4-5,7,11,20H,3,6,8-9H2. The van der Waals surface area contributed by atoms with Gasteiger partial charge in [-0.3, -0.25) is 0 Å². The van der Waals surface area contributed by atoms with Crippen molar-refractivity contribution in [1.82, 2.24) is 19.3 Å². The van der Waals surface area contributed by atoms with Gasteiger partial charge in [0.05, 0.1) is 0 Å². The third kappa shape index (κ3) is 3.03. The maximum atomic E-state index is 12.5. The van der Waals surface area contributed by atoms with Crippen molar-refractivity contribution in [2.45, 2.75) is 18.5 Å². The fourth-order valence-electron chi connectivity index (χ4n) is 3.53. The number of rotatable bonds is 3. The summed E-state index contributed by atoms with van der Waals surface area (Å²) in [6, 6.07) is 3.68. The molecule has 1 aliphatic rings. The van der Waals surface area contributed by atoms with Crippen LogP contribution in [-0.4, -0.2) is 52.7 Å². The highest BCUT2D eigenvalue weighted by Gasteiger charge is 2.41. The third-order valence-electron chi connectivity index (χ3n) is 4.63. The van der Waals surface area contributed by atoms with Gasteiger partial charge in [0.2, 0.25) is 10.0 Å². The number of alkyl halides is 3. The molecule has 6 nitrogen and oxygen atoms in total. The Labute approximate surface area is 147 Å². The van der Waals surface area contributed by atoms with Crippen LogP contribution < -0.4 is 0 Å². The van der Waals surface area contributed by atoms with Crippen LogP contribution in [0.5, 0.6) is 0 Å². The predicted octanol–water partition coefficient (Wildman–Crippen LogP) is 2.79. The summed E-state index contributed by atoms with van der Waals surface area (Å²) in [7, 11) is -4.37. The van der Waals surface area contributed by atoms with Gasteiger partial charge in [-0.05, 0) is 18.6 Å². The van der Waals surface area contributed by atoms with Crippen molar-refractivity contribution in [2.24, 2.45) is 0 Å². The van der Waals surface area contributed by atoms with Crippen LogP contribution >= 0.6 is 0 Å². The van der Waals surface area contributed by atoms with Gasteiger partial charge in [0.15, 0.2) is 11.4 Å². The molecule has 1 aliphatic heterocycles. The Balaban J connectivity index is 1.71. The van der Waals surface area contributed by atoms with E-state index in [2.05, 4.69) is 15.0 Å². The van der Waals surface area contributed by atoms with Crippen molar-refractivity contribution < 1.29 is 21.6 Å². The molecule has 26 heavy (non-hydrogen) atoms. The van der Waals surface area contributed by atoms with E-state index in [-0.39, 0.29) is 19.0 Å². The Morgan fingerprint density at radius 3 is 2.85 bits per heavy atom. The number of nitrogens with zero attached hydrogens (tertiary/aromatic N) is 3. The molecule has 10 heteroatoms. The number of fused-ring (bicyclic) bond motifs is 3. The average Bonchev–Trinajstić information content (AvgIpc) is 3.21. The molecule has 0 aliphatic carbocycles. The first-order valence-electron chi connectivity index (χ1n) is 8.00. The van der Waals surface area contributed by atoms with Crippen LogP contribution in [0.2, 0.25) is 0 Å². The molecule has 0 saturated carbocycles. The van der Waals surface area contributed by atoms with E-state index >= 15 is 0 Å². The van der Waals surface area contributed by atoms with Gasteiger partial charge >= 0.3 is 6.18 Å². The van der Waals surface area contributed by atoms with Crippen LogP contribution in [0, 0.1) is 0 Å². The topological polar surface area (TPSA) is 79.0 Å². The van der Waals surface area contributed by atoms with Crippen LogP contribution in [0.1, 0.15) is 18.0 Å². The van der Waals surface area contributed by atoms with E-state index in [4.69, 9.17) is 0 Å². The lowest BCUT2D eigenvalue weighted by Gasteiger charge is -2.18.